The molecule has 3 nitrogen and oxygen atoms in total. The molecule has 0 saturated heterocycles. The number of hydrogen-bond donors (Lipinski definition) is 1. The van der Waals surface area contributed by atoms with Crippen LogP contribution in [-0.2, 0) is 13.1 Å². The molecule has 0 bridgehead atoms. The van der Waals surface area contributed by atoms with Crippen LogP contribution in [0.15, 0.2) is 30.5 Å². The van der Waals surface area contributed by atoms with Gasteiger partial charge in [0, 0.05) is 24.3 Å². The minimum absolute atomic E-state index is 0.248. The van der Waals surface area contributed by atoms with E-state index in [1.165, 1.54) is 18.9 Å². The molecule has 0 unspecified atom stereocenters. The van der Waals surface area contributed by atoms with Crippen molar-refractivity contribution >= 4 is 0 Å². The van der Waals surface area contributed by atoms with Gasteiger partial charge in [-0.05, 0) is 25.0 Å². The molecule has 0 aliphatic heterocycles. The van der Waals surface area contributed by atoms with Crippen LogP contribution < -0.4 is 5.32 Å². The summed E-state index contributed by atoms with van der Waals surface area (Å²) >= 11 is 0. The first-order valence-electron chi connectivity index (χ1n) is 6.41. The molecule has 0 amide bonds. The lowest BCUT2D eigenvalue weighted by atomic mass is 10.2. The second-order valence-electron chi connectivity index (χ2n) is 4.85. The molecule has 0 radical (unpaired) electrons. The number of halogens is 2. The lowest BCUT2D eigenvalue weighted by Gasteiger charge is -2.09. The van der Waals surface area contributed by atoms with E-state index in [4.69, 9.17) is 0 Å². The molecule has 1 aliphatic rings. The summed E-state index contributed by atoms with van der Waals surface area (Å²) in [5, 5.41) is 7.55. The second kappa shape index (κ2) is 5.09. The van der Waals surface area contributed by atoms with Gasteiger partial charge in [-0.1, -0.05) is 12.1 Å². The van der Waals surface area contributed by atoms with E-state index in [2.05, 4.69) is 10.4 Å². The smallest absolute Gasteiger partial charge is 0.163 e. The molecule has 2 aromatic rings. The molecule has 0 spiro atoms. The molecule has 1 aromatic carbocycles. The molecule has 100 valence electrons. The van der Waals surface area contributed by atoms with Gasteiger partial charge in [0.25, 0.3) is 0 Å². The first-order chi connectivity index (χ1) is 9.24. The van der Waals surface area contributed by atoms with Crippen LogP contribution in [0, 0.1) is 11.6 Å². The summed E-state index contributed by atoms with van der Waals surface area (Å²) in [4.78, 5) is 0. The first kappa shape index (κ1) is 12.3. The van der Waals surface area contributed by atoms with Crippen LogP contribution in [0.3, 0.4) is 0 Å². The van der Waals surface area contributed by atoms with Crippen molar-refractivity contribution in [2.24, 2.45) is 0 Å². The molecule has 1 aromatic heterocycles. The van der Waals surface area contributed by atoms with Crippen molar-refractivity contribution in [3.8, 4) is 0 Å². The highest BCUT2D eigenvalue weighted by atomic mass is 19.2. The van der Waals surface area contributed by atoms with Crippen LogP contribution in [0.1, 0.15) is 24.1 Å². The number of benzene rings is 1. The zero-order valence-corrected chi connectivity index (χ0v) is 10.4. The highest BCUT2D eigenvalue weighted by molar-refractivity contribution is 5.20. The van der Waals surface area contributed by atoms with E-state index in [1.54, 1.807) is 16.9 Å². The zero-order valence-electron chi connectivity index (χ0n) is 10.4. The summed E-state index contributed by atoms with van der Waals surface area (Å²) in [6.45, 7) is 0.958. The summed E-state index contributed by atoms with van der Waals surface area (Å²) in [5.74, 6) is -1.61. The minimum Gasteiger partial charge on any atom is -0.308 e. The van der Waals surface area contributed by atoms with Gasteiger partial charge >= 0.3 is 0 Å². The molecule has 3 rings (SSSR count). The van der Waals surface area contributed by atoms with Gasteiger partial charge in [-0.25, -0.2) is 8.78 Å². The maximum atomic E-state index is 13.6. The van der Waals surface area contributed by atoms with Gasteiger partial charge in [0.1, 0.15) is 0 Å². The average Bonchev–Trinajstić information content (AvgIpc) is 3.13. The third-order valence-corrected chi connectivity index (χ3v) is 3.31. The highest BCUT2D eigenvalue weighted by Crippen LogP contribution is 2.19. The van der Waals surface area contributed by atoms with Gasteiger partial charge in [-0.2, -0.15) is 5.10 Å². The van der Waals surface area contributed by atoms with Crippen LogP contribution in [0.2, 0.25) is 0 Å². The maximum absolute atomic E-state index is 13.6. The van der Waals surface area contributed by atoms with Crippen LogP contribution in [-0.4, -0.2) is 15.8 Å². The molecule has 5 heteroatoms. The summed E-state index contributed by atoms with van der Waals surface area (Å²) in [7, 11) is 0. The number of nitrogens with zero attached hydrogens (tertiary/aromatic N) is 2. The van der Waals surface area contributed by atoms with Gasteiger partial charge in [0.05, 0.1) is 12.2 Å². The molecule has 0 atom stereocenters. The Kier molecular flexibility index (Phi) is 3.29. The number of rotatable bonds is 5. The number of hydrogen-bond acceptors (Lipinski definition) is 2. The van der Waals surface area contributed by atoms with E-state index < -0.39 is 11.6 Å². The Hall–Kier alpha value is -1.75. The van der Waals surface area contributed by atoms with E-state index in [1.807, 2.05) is 6.07 Å². The molecule has 1 aliphatic carbocycles. The molecule has 1 heterocycles. The van der Waals surface area contributed by atoms with Crippen molar-refractivity contribution < 1.29 is 8.78 Å². The first-order valence-corrected chi connectivity index (χ1v) is 6.41. The highest BCUT2D eigenvalue weighted by Gasteiger charge is 2.20. The minimum atomic E-state index is -0.817. The van der Waals surface area contributed by atoms with Crippen LogP contribution >= 0.6 is 0 Å². The van der Waals surface area contributed by atoms with E-state index >= 15 is 0 Å². The Balaban J connectivity index is 1.75. The van der Waals surface area contributed by atoms with Crippen molar-refractivity contribution in [1.82, 2.24) is 15.1 Å². The molecular weight excluding hydrogens is 248 g/mol. The predicted molar refractivity (Wildman–Crippen MR) is 67.5 cm³/mol. The predicted octanol–water partition coefficient (Wildman–Crippen LogP) is 2.46. The fraction of sp³-hybridized carbons (Fsp3) is 0.357. The van der Waals surface area contributed by atoms with Crippen molar-refractivity contribution in [2.75, 3.05) is 0 Å². The molecule has 1 saturated carbocycles. The average molecular weight is 263 g/mol. The largest absolute Gasteiger partial charge is 0.308 e. The molecule has 19 heavy (non-hydrogen) atoms. The molecular formula is C14H15F2N3. The normalized spacial score (nSPS) is 14.8. The fourth-order valence-corrected chi connectivity index (χ4v) is 2.02. The Bertz CT molecular complexity index is 576. The lowest BCUT2D eigenvalue weighted by Crippen LogP contribution is -2.19. The second-order valence-corrected chi connectivity index (χ2v) is 4.85. The summed E-state index contributed by atoms with van der Waals surface area (Å²) in [6.07, 6.45) is 4.11. The van der Waals surface area contributed by atoms with Gasteiger partial charge in [0.2, 0.25) is 0 Å². The number of nitrogens with one attached hydrogen (secondary N) is 1. The Labute approximate surface area is 110 Å². The quantitative estimate of drug-likeness (QED) is 0.898. The van der Waals surface area contributed by atoms with E-state index in [0.717, 1.165) is 11.8 Å². The van der Waals surface area contributed by atoms with E-state index in [-0.39, 0.29) is 6.54 Å². The lowest BCUT2D eigenvalue weighted by molar-refractivity contribution is 0.488. The van der Waals surface area contributed by atoms with Crippen LogP contribution in [0.4, 0.5) is 8.78 Å². The number of aromatic nitrogens is 2. The van der Waals surface area contributed by atoms with Gasteiger partial charge in [0.15, 0.2) is 11.6 Å². The molecule has 1 N–H and O–H groups in total. The van der Waals surface area contributed by atoms with Crippen LogP contribution in [0.5, 0.6) is 0 Å². The third-order valence-electron chi connectivity index (χ3n) is 3.31. The summed E-state index contributed by atoms with van der Waals surface area (Å²) in [5.41, 5.74) is 1.30. The standard InChI is InChI=1S/C14H15F2N3/c15-13-3-1-2-10(14(13)16)9-19-12(6-7-18-19)8-17-11-4-5-11/h1-3,6-7,11,17H,4-5,8-9H2. The molecule has 1 fully saturated rings. The Morgan fingerprint density at radius 2 is 2.11 bits per heavy atom. The summed E-state index contributed by atoms with van der Waals surface area (Å²) in [6, 6.07) is 6.72. The van der Waals surface area contributed by atoms with Crippen molar-refractivity contribution in [2.45, 2.75) is 32.0 Å². The van der Waals surface area contributed by atoms with Crippen LogP contribution in [0.25, 0.3) is 0 Å². The van der Waals surface area contributed by atoms with Crippen molar-refractivity contribution in [3.05, 3.63) is 53.4 Å². The van der Waals surface area contributed by atoms with Gasteiger partial charge < -0.3 is 5.32 Å². The van der Waals surface area contributed by atoms with Crippen molar-refractivity contribution in [1.29, 1.82) is 0 Å². The van der Waals surface area contributed by atoms with Gasteiger partial charge in [-0.15, -0.1) is 0 Å². The third kappa shape index (κ3) is 2.81. The Morgan fingerprint density at radius 1 is 1.26 bits per heavy atom. The maximum Gasteiger partial charge on any atom is 0.163 e. The van der Waals surface area contributed by atoms with E-state index in [9.17, 15) is 8.78 Å². The fourth-order valence-electron chi connectivity index (χ4n) is 2.02. The van der Waals surface area contributed by atoms with E-state index in [0.29, 0.717) is 18.2 Å². The van der Waals surface area contributed by atoms with Crippen molar-refractivity contribution in [3.63, 3.8) is 0 Å². The zero-order chi connectivity index (χ0) is 13.2. The topological polar surface area (TPSA) is 29.9 Å². The van der Waals surface area contributed by atoms with Gasteiger partial charge in [-0.3, -0.25) is 4.68 Å². The summed E-state index contributed by atoms with van der Waals surface area (Å²) < 4.78 is 28.5. The monoisotopic (exact) mass is 263 g/mol. The Morgan fingerprint density at radius 3 is 2.89 bits per heavy atom. The SMILES string of the molecule is Fc1cccc(Cn2nccc2CNC2CC2)c1F.